The van der Waals surface area contributed by atoms with Crippen molar-refractivity contribution < 1.29 is 4.79 Å². The summed E-state index contributed by atoms with van der Waals surface area (Å²) in [5, 5.41) is 7.81. The highest BCUT2D eigenvalue weighted by Crippen LogP contribution is 2.25. The van der Waals surface area contributed by atoms with E-state index in [-0.39, 0.29) is 11.8 Å². The van der Waals surface area contributed by atoms with Crippen LogP contribution in [0.25, 0.3) is 0 Å². The lowest BCUT2D eigenvalue weighted by Gasteiger charge is -2.33. The number of H-pyrrole nitrogens is 1. The molecular formula is C12H20N4OS. The maximum atomic E-state index is 12.3. The van der Waals surface area contributed by atoms with Gasteiger partial charge in [0.1, 0.15) is 5.82 Å². The smallest absolute Gasteiger partial charge is 0.293 e. The summed E-state index contributed by atoms with van der Waals surface area (Å²) in [6, 6.07) is 0. The van der Waals surface area contributed by atoms with E-state index >= 15 is 0 Å². The van der Waals surface area contributed by atoms with Gasteiger partial charge in [0.2, 0.25) is 5.82 Å². The lowest BCUT2D eigenvalue weighted by atomic mass is 10.2. The van der Waals surface area contributed by atoms with Gasteiger partial charge in [0.15, 0.2) is 0 Å². The Balaban J connectivity index is 2.10. The van der Waals surface area contributed by atoms with Gasteiger partial charge in [-0.3, -0.25) is 9.89 Å². The summed E-state index contributed by atoms with van der Waals surface area (Å²) < 4.78 is 0. The molecule has 1 aromatic rings. The quantitative estimate of drug-likeness (QED) is 0.890. The highest BCUT2D eigenvalue weighted by atomic mass is 32.2. The topological polar surface area (TPSA) is 61.9 Å². The minimum Gasteiger partial charge on any atom is -0.334 e. The lowest BCUT2D eigenvalue weighted by molar-refractivity contribution is 0.0741. The summed E-state index contributed by atoms with van der Waals surface area (Å²) in [7, 11) is 0. The van der Waals surface area contributed by atoms with Crippen LogP contribution in [0, 0.1) is 0 Å². The largest absolute Gasteiger partial charge is 0.334 e. The molecule has 1 aliphatic rings. The summed E-state index contributed by atoms with van der Waals surface area (Å²) in [6.07, 6.45) is 0. The van der Waals surface area contributed by atoms with Crippen molar-refractivity contribution in [2.24, 2.45) is 0 Å². The zero-order valence-electron chi connectivity index (χ0n) is 11.3. The molecule has 2 rings (SSSR count). The molecule has 18 heavy (non-hydrogen) atoms. The Hall–Kier alpha value is -1.04. The number of nitrogens with one attached hydrogen (secondary N) is 1. The van der Waals surface area contributed by atoms with Crippen molar-refractivity contribution in [2.45, 2.75) is 44.1 Å². The van der Waals surface area contributed by atoms with Crippen molar-refractivity contribution in [3.63, 3.8) is 0 Å². The molecule has 2 heterocycles. The number of nitrogens with zero attached hydrogens (tertiary/aromatic N) is 3. The predicted octanol–water partition coefficient (Wildman–Crippen LogP) is 1.89. The highest BCUT2D eigenvalue weighted by molar-refractivity contribution is 8.00. The Morgan fingerprint density at radius 2 is 2.00 bits per heavy atom. The molecule has 1 N–H and O–H groups in total. The zero-order valence-corrected chi connectivity index (χ0v) is 12.1. The van der Waals surface area contributed by atoms with Crippen LogP contribution in [0.15, 0.2) is 0 Å². The van der Waals surface area contributed by atoms with E-state index in [4.69, 9.17) is 0 Å². The molecule has 0 radical (unpaired) electrons. The molecule has 6 heteroatoms. The molecular weight excluding hydrogens is 248 g/mol. The van der Waals surface area contributed by atoms with Gasteiger partial charge in [-0.1, -0.05) is 27.7 Å². The Morgan fingerprint density at radius 1 is 1.39 bits per heavy atom. The van der Waals surface area contributed by atoms with Gasteiger partial charge < -0.3 is 4.90 Å². The first-order chi connectivity index (χ1) is 8.47. The average molecular weight is 268 g/mol. The van der Waals surface area contributed by atoms with Crippen molar-refractivity contribution in [3.8, 4) is 0 Å². The van der Waals surface area contributed by atoms with Crippen LogP contribution in [0.2, 0.25) is 0 Å². The Morgan fingerprint density at radius 3 is 2.50 bits per heavy atom. The standard InChI is InChI=1S/C12H20N4OS/c1-7(2)10-13-11(15-14-10)12(17)16-5-8(3)18-9(4)6-16/h7-9H,5-6H2,1-4H3,(H,13,14,15). The van der Waals surface area contributed by atoms with Crippen LogP contribution in [0.4, 0.5) is 0 Å². The maximum absolute atomic E-state index is 12.3. The van der Waals surface area contributed by atoms with E-state index in [1.165, 1.54) is 0 Å². The monoisotopic (exact) mass is 268 g/mol. The summed E-state index contributed by atoms with van der Waals surface area (Å²) in [5.74, 6) is 1.27. The van der Waals surface area contributed by atoms with Crippen LogP contribution in [0.1, 0.15) is 50.1 Å². The first-order valence-electron chi connectivity index (χ1n) is 6.34. The van der Waals surface area contributed by atoms with Gasteiger partial charge in [0.05, 0.1) is 0 Å². The van der Waals surface area contributed by atoms with Crippen LogP contribution in [-0.2, 0) is 0 Å². The molecule has 2 atom stereocenters. The van der Waals surface area contributed by atoms with Crippen LogP contribution >= 0.6 is 11.8 Å². The van der Waals surface area contributed by atoms with E-state index in [2.05, 4.69) is 29.0 Å². The second kappa shape index (κ2) is 5.30. The number of aromatic nitrogens is 3. The number of rotatable bonds is 2. The molecule has 1 aliphatic heterocycles. The molecule has 1 saturated heterocycles. The summed E-state index contributed by atoms with van der Waals surface area (Å²) in [4.78, 5) is 18.4. The van der Waals surface area contributed by atoms with Crippen LogP contribution < -0.4 is 0 Å². The van der Waals surface area contributed by atoms with Crippen LogP contribution in [-0.4, -0.2) is 49.6 Å². The fraction of sp³-hybridized carbons (Fsp3) is 0.750. The number of thioether (sulfide) groups is 1. The molecule has 5 nitrogen and oxygen atoms in total. The van der Waals surface area contributed by atoms with Crippen molar-refractivity contribution in [1.29, 1.82) is 0 Å². The van der Waals surface area contributed by atoms with Crippen molar-refractivity contribution >= 4 is 17.7 Å². The fourth-order valence-electron chi connectivity index (χ4n) is 2.11. The number of carbonyl (C=O) groups is 1. The third kappa shape index (κ3) is 2.85. The van der Waals surface area contributed by atoms with E-state index in [9.17, 15) is 4.79 Å². The summed E-state index contributed by atoms with van der Waals surface area (Å²) in [6.45, 7) is 9.90. The molecule has 0 bridgehead atoms. The molecule has 1 amide bonds. The van der Waals surface area contributed by atoms with E-state index < -0.39 is 0 Å². The lowest BCUT2D eigenvalue weighted by Crippen LogP contribution is -2.44. The Labute approximate surface area is 112 Å². The van der Waals surface area contributed by atoms with E-state index in [1.54, 1.807) is 0 Å². The zero-order chi connectivity index (χ0) is 13.3. The van der Waals surface area contributed by atoms with Gasteiger partial charge in [0, 0.05) is 29.5 Å². The van der Waals surface area contributed by atoms with Gasteiger partial charge in [-0.15, -0.1) is 5.10 Å². The molecule has 1 fully saturated rings. The minimum atomic E-state index is -0.0582. The summed E-state index contributed by atoms with van der Waals surface area (Å²) in [5.41, 5.74) is 0. The van der Waals surface area contributed by atoms with Gasteiger partial charge in [-0.2, -0.15) is 11.8 Å². The van der Waals surface area contributed by atoms with Gasteiger partial charge in [0.25, 0.3) is 5.91 Å². The number of aromatic amines is 1. The molecule has 0 aliphatic carbocycles. The van der Waals surface area contributed by atoms with Crippen LogP contribution in [0.5, 0.6) is 0 Å². The molecule has 2 unspecified atom stereocenters. The number of hydrogen-bond acceptors (Lipinski definition) is 4. The molecule has 0 aromatic carbocycles. The molecule has 0 saturated carbocycles. The van der Waals surface area contributed by atoms with Crippen LogP contribution in [0.3, 0.4) is 0 Å². The average Bonchev–Trinajstić information content (AvgIpc) is 2.75. The highest BCUT2D eigenvalue weighted by Gasteiger charge is 2.28. The Kier molecular flexibility index (Phi) is 3.94. The predicted molar refractivity (Wildman–Crippen MR) is 72.9 cm³/mol. The van der Waals surface area contributed by atoms with Crippen molar-refractivity contribution in [1.82, 2.24) is 20.1 Å². The van der Waals surface area contributed by atoms with Gasteiger partial charge in [-0.05, 0) is 0 Å². The second-order valence-corrected chi connectivity index (χ2v) is 7.05. The third-order valence-electron chi connectivity index (χ3n) is 2.95. The fourth-order valence-corrected chi connectivity index (χ4v) is 3.44. The van der Waals surface area contributed by atoms with Gasteiger partial charge >= 0.3 is 0 Å². The van der Waals surface area contributed by atoms with Crippen molar-refractivity contribution in [3.05, 3.63) is 11.6 Å². The first-order valence-corrected chi connectivity index (χ1v) is 7.28. The first kappa shape index (κ1) is 13.4. The van der Waals surface area contributed by atoms with Crippen molar-refractivity contribution in [2.75, 3.05) is 13.1 Å². The van der Waals surface area contributed by atoms with E-state index in [0.717, 1.165) is 18.9 Å². The van der Waals surface area contributed by atoms with E-state index in [0.29, 0.717) is 16.3 Å². The third-order valence-corrected chi connectivity index (χ3v) is 4.18. The van der Waals surface area contributed by atoms with Gasteiger partial charge in [-0.25, -0.2) is 4.98 Å². The SMILES string of the molecule is CC1CN(C(=O)c2n[nH]c(C(C)C)n2)CC(C)S1. The number of hydrogen-bond donors (Lipinski definition) is 1. The number of carbonyl (C=O) groups excluding carboxylic acids is 1. The Bertz CT molecular complexity index is 421. The number of amides is 1. The molecule has 0 spiro atoms. The summed E-state index contributed by atoms with van der Waals surface area (Å²) >= 11 is 1.93. The second-order valence-electron chi connectivity index (χ2n) is 5.17. The minimum absolute atomic E-state index is 0.0582. The maximum Gasteiger partial charge on any atom is 0.293 e. The van der Waals surface area contributed by atoms with E-state index in [1.807, 2.05) is 30.5 Å². The molecule has 100 valence electrons. The normalized spacial score (nSPS) is 24.6. The molecule has 1 aromatic heterocycles.